The van der Waals surface area contributed by atoms with Crippen LogP contribution in [0.15, 0.2) is 53.1 Å². The van der Waals surface area contributed by atoms with E-state index < -0.39 is 0 Å². The first kappa shape index (κ1) is 19.8. The van der Waals surface area contributed by atoms with E-state index in [4.69, 9.17) is 14.0 Å². The minimum absolute atomic E-state index is 0.189. The van der Waals surface area contributed by atoms with Crippen LogP contribution in [0.2, 0.25) is 0 Å². The molecule has 4 rings (SSSR count). The molecule has 30 heavy (non-hydrogen) atoms. The highest BCUT2D eigenvalue weighted by Crippen LogP contribution is 2.33. The summed E-state index contributed by atoms with van der Waals surface area (Å²) in [5, 5.41) is 7.02. The van der Waals surface area contributed by atoms with E-state index in [1.54, 1.807) is 12.0 Å². The molecule has 0 radical (unpaired) electrons. The lowest BCUT2D eigenvalue weighted by Gasteiger charge is -2.22. The first-order valence-electron chi connectivity index (χ1n) is 9.96. The lowest BCUT2D eigenvalue weighted by atomic mass is 10.2. The Bertz CT molecular complexity index is 985. The van der Waals surface area contributed by atoms with Gasteiger partial charge in [0.25, 0.3) is 0 Å². The maximum absolute atomic E-state index is 12.8. The molecule has 156 valence electrons. The zero-order chi connectivity index (χ0) is 20.9. The van der Waals surface area contributed by atoms with E-state index in [9.17, 15) is 4.79 Å². The number of anilines is 1. The van der Waals surface area contributed by atoms with Gasteiger partial charge in [0.15, 0.2) is 0 Å². The zero-order valence-corrected chi connectivity index (χ0v) is 17.0. The predicted octanol–water partition coefficient (Wildman–Crippen LogP) is 4.51. The van der Waals surface area contributed by atoms with Crippen LogP contribution in [0.25, 0.3) is 11.4 Å². The Hall–Kier alpha value is -3.55. The molecule has 1 atom stereocenters. The lowest BCUT2D eigenvalue weighted by Crippen LogP contribution is -2.34. The molecule has 0 saturated carbocycles. The second-order valence-corrected chi connectivity index (χ2v) is 6.92. The molecule has 0 bridgehead atoms. The number of likely N-dealkylation sites (tertiary alicyclic amines) is 1. The standard InChI is InChI=1S/C22H24N4O4/c1-3-29-18-12-8-16(9-13-18)23-22(27)26-14-4-5-19(26)21-24-20(25-30-21)15-6-10-17(28-2)11-7-15/h6-13,19H,3-5,14H2,1-2H3,(H,23,27)/t19-/m1/s1. The summed E-state index contributed by atoms with van der Waals surface area (Å²) in [5.41, 5.74) is 1.53. The van der Waals surface area contributed by atoms with Gasteiger partial charge in [0, 0.05) is 17.8 Å². The van der Waals surface area contributed by atoms with Crippen molar-refractivity contribution in [3.05, 3.63) is 54.4 Å². The van der Waals surface area contributed by atoms with Gasteiger partial charge in [-0.05, 0) is 68.3 Å². The van der Waals surface area contributed by atoms with Crippen LogP contribution in [-0.4, -0.2) is 41.3 Å². The molecule has 2 aromatic carbocycles. The number of amides is 2. The average molecular weight is 408 g/mol. The first-order valence-corrected chi connectivity index (χ1v) is 9.96. The van der Waals surface area contributed by atoms with E-state index in [0.717, 1.165) is 29.9 Å². The molecule has 8 nitrogen and oxygen atoms in total. The number of carbonyl (C=O) groups is 1. The van der Waals surface area contributed by atoms with Crippen molar-refractivity contribution in [1.29, 1.82) is 0 Å². The van der Waals surface area contributed by atoms with Crippen LogP contribution in [0.5, 0.6) is 11.5 Å². The summed E-state index contributed by atoms with van der Waals surface area (Å²) in [6.07, 6.45) is 1.66. The molecular formula is C22H24N4O4. The third kappa shape index (κ3) is 4.22. The molecule has 0 unspecified atom stereocenters. The largest absolute Gasteiger partial charge is 0.497 e. The highest BCUT2D eigenvalue weighted by Gasteiger charge is 2.34. The zero-order valence-electron chi connectivity index (χ0n) is 17.0. The molecule has 1 fully saturated rings. The molecule has 1 aliphatic rings. The quantitative estimate of drug-likeness (QED) is 0.645. The third-order valence-corrected chi connectivity index (χ3v) is 5.01. The van der Waals surface area contributed by atoms with E-state index in [-0.39, 0.29) is 12.1 Å². The van der Waals surface area contributed by atoms with Crippen molar-refractivity contribution in [2.24, 2.45) is 0 Å². The number of nitrogens with one attached hydrogen (secondary N) is 1. The van der Waals surface area contributed by atoms with Gasteiger partial charge in [-0.25, -0.2) is 4.79 Å². The fourth-order valence-electron chi connectivity index (χ4n) is 3.49. The van der Waals surface area contributed by atoms with E-state index in [1.807, 2.05) is 55.5 Å². The number of hydrogen-bond donors (Lipinski definition) is 1. The van der Waals surface area contributed by atoms with Gasteiger partial charge in [0.05, 0.1) is 13.7 Å². The van der Waals surface area contributed by atoms with E-state index in [1.165, 1.54) is 0 Å². The minimum Gasteiger partial charge on any atom is -0.497 e. The number of nitrogens with zero attached hydrogens (tertiary/aromatic N) is 3. The van der Waals surface area contributed by atoms with Crippen molar-refractivity contribution in [3.8, 4) is 22.9 Å². The number of rotatable bonds is 6. The Labute approximate surface area is 174 Å². The van der Waals surface area contributed by atoms with Gasteiger partial charge in [-0.3, -0.25) is 0 Å². The summed E-state index contributed by atoms with van der Waals surface area (Å²) < 4.78 is 16.1. The van der Waals surface area contributed by atoms with Crippen LogP contribution in [0.3, 0.4) is 0 Å². The van der Waals surface area contributed by atoms with Gasteiger partial charge in [-0.1, -0.05) is 5.16 Å². The summed E-state index contributed by atoms with van der Waals surface area (Å²) in [6.45, 7) is 3.17. The second kappa shape index (κ2) is 8.86. The van der Waals surface area contributed by atoms with Gasteiger partial charge >= 0.3 is 6.03 Å². The molecule has 0 spiro atoms. The topological polar surface area (TPSA) is 89.7 Å². The molecule has 8 heteroatoms. The molecule has 1 aromatic heterocycles. The highest BCUT2D eigenvalue weighted by atomic mass is 16.5. The number of urea groups is 1. The molecular weight excluding hydrogens is 384 g/mol. The Morgan fingerprint density at radius 1 is 1.17 bits per heavy atom. The smallest absolute Gasteiger partial charge is 0.322 e. The number of benzene rings is 2. The van der Waals surface area contributed by atoms with E-state index >= 15 is 0 Å². The average Bonchev–Trinajstić information content (AvgIpc) is 3.45. The molecule has 3 aromatic rings. The fourth-order valence-corrected chi connectivity index (χ4v) is 3.49. The van der Waals surface area contributed by atoms with Crippen molar-refractivity contribution < 1.29 is 18.8 Å². The number of carbonyl (C=O) groups excluding carboxylic acids is 1. The summed E-state index contributed by atoms with van der Waals surface area (Å²) >= 11 is 0. The van der Waals surface area contributed by atoms with Crippen LogP contribution < -0.4 is 14.8 Å². The normalized spacial score (nSPS) is 15.8. The fraction of sp³-hybridized carbons (Fsp3) is 0.318. The Balaban J connectivity index is 1.45. The number of methoxy groups -OCH3 is 1. The Kier molecular flexibility index (Phi) is 5.83. The van der Waals surface area contributed by atoms with Gasteiger partial charge in [-0.15, -0.1) is 0 Å². The van der Waals surface area contributed by atoms with Gasteiger partial charge in [-0.2, -0.15) is 4.98 Å². The second-order valence-electron chi connectivity index (χ2n) is 6.92. The molecule has 0 aliphatic carbocycles. The number of ether oxygens (including phenoxy) is 2. The SMILES string of the molecule is CCOc1ccc(NC(=O)N2CCC[C@@H]2c2nc(-c3ccc(OC)cc3)no2)cc1. The van der Waals surface area contributed by atoms with Crippen molar-refractivity contribution >= 4 is 11.7 Å². The van der Waals surface area contributed by atoms with Crippen LogP contribution in [0.4, 0.5) is 10.5 Å². The van der Waals surface area contributed by atoms with Gasteiger partial charge < -0.3 is 24.2 Å². The monoisotopic (exact) mass is 408 g/mol. The van der Waals surface area contributed by atoms with Crippen molar-refractivity contribution in [2.45, 2.75) is 25.8 Å². The maximum Gasteiger partial charge on any atom is 0.322 e. The summed E-state index contributed by atoms with van der Waals surface area (Å²) in [6, 6.07) is 14.3. The number of aromatic nitrogens is 2. The van der Waals surface area contributed by atoms with Crippen LogP contribution in [0.1, 0.15) is 31.7 Å². The predicted molar refractivity (Wildman–Crippen MR) is 112 cm³/mol. The van der Waals surface area contributed by atoms with Crippen molar-refractivity contribution in [2.75, 3.05) is 25.6 Å². The lowest BCUT2D eigenvalue weighted by molar-refractivity contribution is 0.193. The molecule has 1 aliphatic heterocycles. The van der Waals surface area contributed by atoms with Crippen molar-refractivity contribution in [3.63, 3.8) is 0 Å². The van der Waals surface area contributed by atoms with Crippen LogP contribution >= 0.6 is 0 Å². The Morgan fingerprint density at radius 2 is 1.90 bits per heavy atom. The highest BCUT2D eigenvalue weighted by molar-refractivity contribution is 5.89. The summed E-state index contributed by atoms with van der Waals surface area (Å²) in [7, 11) is 1.62. The van der Waals surface area contributed by atoms with Crippen LogP contribution in [0, 0.1) is 0 Å². The number of hydrogen-bond acceptors (Lipinski definition) is 6. The molecule has 1 N–H and O–H groups in total. The first-order chi connectivity index (χ1) is 14.7. The van der Waals surface area contributed by atoms with Crippen molar-refractivity contribution in [1.82, 2.24) is 15.0 Å². The minimum atomic E-state index is -0.243. The van der Waals surface area contributed by atoms with Gasteiger partial charge in [0.2, 0.25) is 11.7 Å². The van der Waals surface area contributed by atoms with Gasteiger partial charge in [0.1, 0.15) is 17.5 Å². The maximum atomic E-state index is 12.8. The third-order valence-electron chi connectivity index (χ3n) is 5.01. The van der Waals surface area contributed by atoms with E-state index in [2.05, 4.69) is 15.5 Å². The molecule has 2 heterocycles. The van der Waals surface area contributed by atoms with Crippen LogP contribution in [-0.2, 0) is 0 Å². The summed E-state index contributed by atoms with van der Waals surface area (Å²) in [5.74, 6) is 2.47. The summed E-state index contributed by atoms with van der Waals surface area (Å²) in [4.78, 5) is 19.1. The Morgan fingerprint density at radius 3 is 2.60 bits per heavy atom. The van der Waals surface area contributed by atoms with E-state index in [0.29, 0.717) is 30.6 Å². The molecule has 2 amide bonds. The molecule has 1 saturated heterocycles.